The number of nitrogens with zero attached hydrogens (tertiary/aromatic N) is 2. The van der Waals surface area contributed by atoms with Crippen LogP contribution in [0.2, 0.25) is 0 Å². The number of aryl methyl sites for hydroxylation is 1. The van der Waals surface area contributed by atoms with Crippen molar-refractivity contribution in [3.05, 3.63) is 23.7 Å². The summed E-state index contributed by atoms with van der Waals surface area (Å²) in [4.78, 5) is 14.1. The van der Waals surface area contributed by atoms with Crippen molar-refractivity contribution in [2.24, 2.45) is 5.92 Å². The van der Waals surface area contributed by atoms with E-state index in [1.807, 2.05) is 6.92 Å². The lowest BCUT2D eigenvalue weighted by Gasteiger charge is -2.23. The Morgan fingerprint density at radius 2 is 2.28 bits per heavy atom. The molecule has 1 amide bonds. The Hall–Kier alpha value is -1.76. The molecule has 0 aliphatic carbocycles. The Morgan fingerprint density at radius 3 is 2.83 bits per heavy atom. The molecule has 0 atom stereocenters. The van der Waals surface area contributed by atoms with E-state index in [4.69, 9.17) is 9.68 Å². The van der Waals surface area contributed by atoms with E-state index in [0.29, 0.717) is 43.2 Å². The van der Waals surface area contributed by atoms with Gasteiger partial charge in [0.1, 0.15) is 5.76 Å². The number of amides is 1. The number of carbonyl (C=O) groups excluding carboxylic acids is 1. The number of carbonyl (C=O) groups is 1. The smallest absolute Gasteiger partial charge is 0.257 e. The maximum absolute atomic E-state index is 12.4. The number of furan rings is 1. The third-order valence-corrected chi connectivity index (χ3v) is 2.66. The third-order valence-electron chi connectivity index (χ3n) is 2.66. The summed E-state index contributed by atoms with van der Waals surface area (Å²) in [6, 6.07) is 3.79. The molecule has 4 nitrogen and oxygen atoms in total. The highest BCUT2D eigenvalue weighted by Crippen LogP contribution is 2.15. The van der Waals surface area contributed by atoms with E-state index >= 15 is 0 Å². The van der Waals surface area contributed by atoms with Gasteiger partial charge in [0.15, 0.2) is 0 Å². The first kappa shape index (κ1) is 14.3. The maximum Gasteiger partial charge on any atom is 0.257 e. The molecule has 0 aliphatic rings. The van der Waals surface area contributed by atoms with Crippen LogP contribution in [-0.2, 0) is 6.42 Å². The molecule has 0 aromatic carbocycles. The number of hydrogen-bond acceptors (Lipinski definition) is 3. The quantitative estimate of drug-likeness (QED) is 0.777. The van der Waals surface area contributed by atoms with Crippen molar-refractivity contribution >= 4 is 5.91 Å². The van der Waals surface area contributed by atoms with Gasteiger partial charge in [0.25, 0.3) is 5.91 Å². The van der Waals surface area contributed by atoms with Crippen LogP contribution < -0.4 is 0 Å². The van der Waals surface area contributed by atoms with Gasteiger partial charge in [0.2, 0.25) is 0 Å². The fourth-order valence-corrected chi connectivity index (χ4v) is 1.88. The van der Waals surface area contributed by atoms with Gasteiger partial charge in [-0.3, -0.25) is 4.79 Å². The summed E-state index contributed by atoms with van der Waals surface area (Å²) < 4.78 is 5.28. The van der Waals surface area contributed by atoms with E-state index in [1.165, 1.54) is 0 Å². The van der Waals surface area contributed by atoms with Crippen molar-refractivity contribution in [2.45, 2.75) is 33.6 Å². The van der Waals surface area contributed by atoms with Gasteiger partial charge in [-0.25, -0.2) is 0 Å². The molecule has 0 saturated carbocycles. The summed E-state index contributed by atoms with van der Waals surface area (Å²) in [7, 11) is 0. The van der Waals surface area contributed by atoms with E-state index in [0.717, 1.165) is 0 Å². The lowest BCUT2D eigenvalue weighted by molar-refractivity contribution is 0.0737. The van der Waals surface area contributed by atoms with Gasteiger partial charge in [-0.05, 0) is 12.0 Å². The summed E-state index contributed by atoms with van der Waals surface area (Å²) in [5.74, 6) is 1.06. The fraction of sp³-hybridized carbons (Fsp3) is 0.571. The molecule has 0 unspecified atom stereocenters. The molecule has 1 aromatic heterocycles. The molecule has 0 fully saturated rings. The molecule has 0 spiro atoms. The minimum Gasteiger partial charge on any atom is -0.469 e. The first-order chi connectivity index (χ1) is 8.60. The SMILES string of the molecule is CCc1occc1C(=O)N(CCC#N)CC(C)C. The topological polar surface area (TPSA) is 57.2 Å². The van der Waals surface area contributed by atoms with Gasteiger partial charge in [0.05, 0.1) is 24.3 Å². The van der Waals surface area contributed by atoms with Crippen LogP contribution in [0.25, 0.3) is 0 Å². The Morgan fingerprint density at radius 1 is 1.56 bits per heavy atom. The lowest BCUT2D eigenvalue weighted by atomic mass is 10.1. The highest BCUT2D eigenvalue weighted by atomic mass is 16.3. The van der Waals surface area contributed by atoms with Crippen molar-refractivity contribution in [1.29, 1.82) is 5.26 Å². The van der Waals surface area contributed by atoms with E-state index in [2.05, 4.69) is 19.9 Å². The second kappa shape index (κ2) is 6.85. The van der Waals surface area contributed by atoms with Gasteiger partial charge < -0.3 is 9.32 Å². The first-order valence-electron chi connectivity index (χ1n) is 6.32. The summed E-state index contributed by atoms with van der Waals surface area (Å²) in [6.07, 6.45) is 2.60. The predicted octanol–water partition coefficient (Wildman–Crippen LogP) is 2.85. The highest BCUT2D eigenvalue weighted by Gasteiger charge is 2.20. The molecule has 1 heterocycles. The molecule has 0 saturated heterocycles. The van der Waals surface area contributed by atoms with Gasteiger partial charge in [-0.15, -0.1) is 0 Å². The van der Waals surface area contributed by atoms with Crippen molar-refractivity contribution in [3.63, 3.8) is 0 Å². The number of nitriles is 1. The van der Waals surface area contributed by atoms with E-state index in [1.54, 1.807) is 17.2 Å². The Labute approximate surface area is 108 Å². The number of rotatable bonds is 6. The predicted molar refractivity (Wildman–Crippen MR) is 69.1 cm³/mol. The van der Waals surface area contributed by atoms with Crippen LogP contribution >= 0.6 is 0 Å². The van der Waals surface area contributed by atoms with Crippen LogP contribution in [0, 0.1) is 17.2 Å². The van der Waals surface area contributed by atoms with Crippen LogP contribution in [0.3, 0.4) is 0 Å². The van der Waals surface area contributed by atoms with Crippen molar-refractivity contribution in [1.82, 2.24) is 4.90 Å². The van der Waals surface area contributed by atoms with Crippen molar-refractivity contribution in [3.8, 4) is 6.07 Å². The first-order valence-corrected chi connectivity index (χ1v) is 6.32. The van der Waals surface area contributed by atoms with E-state index < -0.39 is 0 Å². The zero-order chi connectivity index (χ0) is 13.5. The molecule has 0 radical (unpaired) electrons. The molecular formula is C14H20N2O2. The van der Waals surface area contributed by atoms with Crippen LogP contribution in [0.4, 0.5) is 0 Å². The molecule has 0 bridgehead atoms. The highest BCUT2D eigenvalue weighted by molar-refractivity contribution is 5.95. The lowest BCUT2D eigenvalue weighted by Crippen LogP contribution is -2.35. The minimum atomic E-state index is -0.0375. The fourth-order valence-electron chi connectivity index (χ4n) is 1.88. The molecule has 98 valence electrons. The minimum absolute atomic E-state index is 0.0375. The molecule has 1 aromatic rings. The monoisotopic (exact) mass is 248 g/mol. The molecular weight excluding hydrogens is 228 g/mol. The Bertz CT molecular complexity index is 429. The average Bonchev–Trinajstić information content (AvgIpc) is 2.81. The largest absolute Gasteiger partial charge is 0.469 e. The Balaban J connectivity index is 2.84. The summed E-state index contributed by atoms with van der Waals surface area (Å²) in [5.41, 5.74) is 0.621. The molecule has 18 heavy (non-hydrogen) atoms. The zero-order valence-corrected chi connectivity index (χ0v) is 11.3. The molecule has 1 rings (SSSR count). The zero-order valence-electron chi connectivity index (χ0n) is 11.3. The molecule has 0 aliphatic heterocycles. The normalized spacial score (nSPS) is 10.4. The van der Waals surface area contributed by atoms with Gasteiger partial charge in [-0.2, -0.15) is 5.26 Å². The van der Waals surface area contributed by atoms with E-state index in [9.17, 15) is 4.79 Å². The summed E-state index contributed by atoms with van der Waals surface area (Å²) >= 11 is 0. The van der Waals surface area contributed by atoms with Crippen molar-refractivity contribution in [2.75, 3.05) is 13.1 Å². The molecule has 0 N–H and O–H groups in total. The standard InChI is InChI=1S/C14H20N2O2/c1-4-13-12(6-9-18-13)14(17)16(8-5-7-15)10-11(2)3/h6,9,11H,4-5,8,10H2,1-3H3. The van der Waals surface area contributed by atoms with Gasteiger partial charge in [0, 0.05) is 19.5 Å². The van der Waals surface area contributed by atoms with Gasteiger partial charge >= 0.3 is 0 Å². The number of hydrogen-bond donors (Lipinski definition) is 0. The second-order valence-corrected chi connectivity index (χ2v) is 4.66. The maximum atomic E-state index is 12.4. The Kier molecular flexibility index (Phi) is 5.44. The second-order valence-electron chi connectivity index (χ2n) is 4.66. The average molecular weight is 248 g/mol. The van der Waals surface area contributed by atoms with Crippen LogP contribution in [0.1, 0.15) is 43.3 Å². The summed E-state index contributed by atoms with van der Waals surface area (Å²) in [5, 5.41) is 8.66. The summed E-state index contributed by atoms with van der Waals surface area (Å²) in [6.45, 7) is 7.21. The van der Waals surface area contributed by atoms with Crippen LogP contribution in [0.5, 0.6) is 0 Å². The van der Waals surface area contributed by atoms with Crippen LogP contribution in [-0.4, -0.2) is 23.9 Å². The third kappa shape index (κ3) is 3.63. The van der Waals surface area contributed by atoms with Crippen molar-refractivity contribution < 1.29 is 9.21 Å². The van der Waals surface area contributed by atoms with Gasteiger partial charge in [-0.1, -0.05) is 20.8 Å². The van der Waals surface area contributed by atoms with E-state index in [-0.39, 0.29) is 5.91 Å². The van der Waals surface area contributed by atoms with Crippen LogP contribution in [0.15, 0.2) is 16.7 Å². The molecule has 4 heteroatoms.